The maximum absolute atomic E-state index is 12.3. The van der Waals surface area contributed by atoms with E-state index in [0.717, 1.165) is 19.5 Å². The number of nitrogens with one attached hydrogen (secondary N) is 2. The Morgan fingerprint density at radius 2 is 1.58 bits per heavy atom. The number of nitrogens with zero attached hydrogens (tertiary/aromatic N) is 2. The fourth-order valence-electron chi connectivity index (χ4n) is 2.83. The number of carbonyl (C=O) groups excluding carboxylic acids is 3. The van der Waals surface area contributed by atoms with E-state index >= 15 is 0 Å². The molecule has 8 heteroatoms. The first-order chi connectivity index (χ1) is 12.5. The van der Waals surface area contributed by atoms with Crippen molar-refractivity contribution in [1.82, 2.24) is 15.1 Å². The van der Waals surface area contributed by atoms with Crippen LogP contribution in [0.25, 0.3) is 0 Å². The summed E-state index contributed by atoms with van der Waals surface area (Å²) in [5.41, 5.74) is 6.04. The molecule has 0 atom stereocenters. The Hall–Kier alpha value is -2.45. The number of primary amides is 1. The molecule has 1 aromatic carbocycles. The molecule has 1 aromatic rings. The SMILES string of the molecule is CCCNC(=O)CN1CCN(CC(=O)Nc2ccccc2C(N)=O)CC1. The quantitative estimate of drug-likeness (QED) is 0.598. The third-order valence-electron chi connectivity index (χ3n) is 4.24. The summed E-state index contributed by atoms with van der Waals surface area (Å²) in [5.74, 6) is -0.718. The lowest BCUT2D eigenvalue weighted by Crippen LogP contribution is -2.51. The minimum absolute atomic E-state index is 0.0427. The summed E-state index contributed by atoms with van der Waals surface area (Å²) in [5, 5.41) is 5.62. The van der Waals surface area contributed by atoms with Crippen molar-refractivity contribution in [2.24, 2.45) is 5.73 Å². The van der Waals surface area contributed by atoms with Crippen molar-refractivity contribution >= 4 is 23.4 Å². The Morgan fingerprint density at radius 1 is 1.00 bits per heavy atom. The van der Waals surface area contributed by atoms with E-state index in [0.29, 0.717) is 37.4 Å². The van der Waals surface area contributed by atoms with Crippen molar-refractivity contribution in [2.75, 3.05) is 51.1 Å². The van der Waals surface area contributed by atoms with Crippen LogP contribution in [0.3, 0.4) is 0 Å². The highest BCUT2D eigenvalue weighted by Crippen LogP contribution is 2.14. The van der Waals surface area contributed by atoms with Crippen LogP contribution in [0.15, 0.2) is 24.3 Å². The molecule has 8 nitrogen and oxygen atoms in total. The van der Waals surface area contributed by atoms with Gasteiger partial charge in [0.2, 0.25) is 11.8 Å². The highest BCUT2D eigenvalue weighted by Gasteiger charge is 2.21. The van der Waals surface area contributed by atoms with Crippen molar-refractivity contribution in [1.29, 1.82) is 0 Å². The number of piperazine rings is 1. The molecule has 0 aromatic heterocycles. The van der Waals surface area contributed by atoms with Gasteiger partial charge in [0.1, 0.15) is 0 Å². The molecular formula is C18H27N5O3. The molecule has 0 radical (unpaired) electrons. The molecule has 0 saturated carbocycles. The van der Waals surface area contributed by atoms with Gasteiger partial charge in [-0.05, 0) is 18.6 Å². The summed E-state index contributed by atoms with van der Waals surface area (Å²) in [4.78, 5) is 39.5. The number of para-hydroxylation sites is 1. The standard InChI is InChI=1S/C18H27N5O3/c1-2-7-20-16(24)12-22-8-10-23(11-9-22)13-17(25)21-15-6-4-3-5-14(15)18(19)26/h3-6H,2,7-13H2,1H3,(H2,19,26)(H,20,24)(H,21,25). The molecule has 2 rings (SSSR count). The smallest absolute Gasteiger partial charge is 0.250 e. The third kappa shape index (κ3) is 6.12. The summed E-state index contributed by atoms with van der Waals surface area (Å²) in [6, 6.07) is 6.68. The van der Waals surface area contributed by atoms with Crippen LogP contribution in [0.1, 0.15) is 23.7 Å². The molecule has 0 spiro atoms. The highest BCUT2D eigenvalue weighted by atomic mass is 16.2. The van der Waals surface area contributed by atoms with Crippen LogP contribution in [0.2, 0.25) is 0 Å². The monoisotopic (exact) mass is 361 g/mol. The molecule has 1 aliphatic heterocycles. The van der Waals surface area contributed by atoms with Gasteiger partial charge in [0.25, 0.3) is 5.91 Å². The van der Waals surface area contributed by atoms with Crippen molar-refractivity contribution in [3.63, 3.8) is 0 Å². The van der Waals surface area contributed by atoms with Crippen LogP contribution in [0.5, 0.6) is 0 Å². The number of hydrogen-bond acceptors (Lipinski definition) is 5. The third-order valence-corrected chi connectivity index (χ3v) is 4.24. The first-order valence-corrected chi connectivity index (χ1v) is 8.89. The molecular weight excluding hydrogens is 334 g/mol. The molecule has 1 fully saturated rings. The zero-order valence-corrected chi connectivity index (χ0v) is 15.2. The van der Waals surface area contributed by atoms with Gasteiger partial charge in [-0.25, -0.2) is 0 Å². The Labute approximate surface area is 153 Å². The van der Waals surface area contributed by atoms with Crippen LogP contribution in [-0.2, 0) is 9.59 Å². The molecule has 1 saturated heterocycles. The second-order valence-corrected chi connectivity index (χ2v) is 6.36. The van der Waals surface area contributed by atoms with Gasteiger partial charge in [0.15, 0.2) is 0 Å². The van der Waals surface area contributed by atoms with Gasteiger partial charge in [0, 0.05) is 32.7 Å². The average Bonchev–Trinajstić information content (AvgIpc) is 2.62. The van der Waals surface area contributed by atoms with Crippen LogP contribution < -0.4 is 16.4 Å². The molecule has 0 aliphatic carbocycles. The van der Waals surface area contributed by atoms with Gasteiger partial charge < -0.3 is 16.4 Å². The Morgan fingerprint density at radius 3 is 2.15 bits per heavy atom. The summed E-state index contributed by atoms with van der Waals surface area (Å²) in [6.07, 6.45) is 0.924. The van der Waals surface area contributed by atoms with Gasteiger partial charge in [0.05, 0.1) is 24.3 Å². The minimum Gasteiger partial charge on any atom is -0.366 e. The maximum Gasteiger partial charge on any atom is 0.250 e. The van der Waals surface area contributed by atoms with E-state index < -0.39 is 5.91 Å². The first kappa shape index (κ1) is 19.9. The Balaban J connectivity index is 1.76. The summed E-state index contributed by atoms with van der Waals surface area (Å²) in [6.45, 7) is 6.26. The van der Waals surface area contributed by atoms with Crippen molar-refractivity contribution < 1.29 is 14.4 Å². The minimum atomic E-state index is -0.573. The second-order valence-electron chi connectivity index (χ2n) is 6.36. The van der Waals surface area contributed by atoms with E-state index in [1.54, 1.807) is 24.3 Å². The van der Waals surface area contributed by atoms with Crippen molar-refractivity contribution in [2.45, 2.75) is 13.3 Å². The van der Waals surface area contributed by atoms with E-state index in [-0.39, 0.29) is 18.4 Å². The van der Waals surface area contributed by atoms with Crippen LogP contribution >= 0.6 is 0 Å². The number of rotatable bonds is 8. The van der Waals surface area contributed by atoms with Crippen molar-refractivity contribution in [3.8, 4) is 0 Å². The lowest BCUT2D eigenvalue weighted by Gasteiger charge is -2.33. The van der Waals surface area contributed by atoms with Crippen molar-refractivity contribution in [3.05, 3.63) is 29.8 Å². The number of hydrogen-bond donors (Lipinski definition) is 3. The van der Waals surface area contributed by atoms with E-state index in [9.17, 15) is 14.4 Å². The van der Waals surface area contributed by atoms with Crippen LogP contribution in [0.4, 0.5) is 5.69 Å². The van der Waals surface area contributed by atoms with Gasteiger partial charge >= 0.3 is 0 Å². The normalized spacial score (nSPS) is 15.4. The zero-order valence-electron chi connectivity index (χ0n) is 15.2. The summed E-state index contributed by atoms with van der Waals surface area (Å²) >= 11 is 0. The predicted molar refractivity (Wildman–Crippen MR) is 99.8 cm³/mol. The highest BCUT2D eigenvalue weighted by molar-refractivity contribution is 6.03. The number of carbonyl (C=O) groups is 3. The fourth-order valence-corrected chi connectivity index (χ4v) is 2.83. The topological polar surface area (TPSA) is 108 Å². The second kappa shape index (κ2) is 9.88. The van der Waals surface area contributed by atoms with Gasteiger partial charge in [-0.1, -0.05) is 19.1 Å². The van der Waals surface area contributed by atoms with Gasteiger partial charge in [-0.15, -0.1) is 0 Å². The molecule has 1 aliphatic rings. The molecule has 1 heterocycles. The Bertz CT molecular complexity index is 641. The lowest BCUT2D eigenvalue weighted by atomic mass is 10.1. The van der Waals surface area contributed by atoms with E-state index in [2.05, 4.69) is 15.5 Å². The maximum atomic E-state index is 12.3. The van der Waals surface area contributed by atoms with E-state index in [1.807, 2.05) is 11.8 Å². The number of anilines is 1. The molecule has 4 N–H and O–H groups in total. The van der Waals surface area contributed by atoms with Gasteiger partial charge in [-0.2, -0.15) is 0 Å². The van der Waals surface area contributed by atoms with E-state index in [4.69, 9.17) is 5.73 Å². The largest absolute Gasteiger partial charge is 0.366 e. The number of nitrogens with two attached hydrogens (primary N) is 1. The summed E-state index contributed by atoms with van der Waals surface area (Å²) in [7, 11) is 0. The van der Waals surface area contributed by atoms with E-state index in [1.165, 1.54) is 0 Å². The molecule has 26 heavy (non-hydrogen) atoms. The zero-order chi connectivity index (χ0) is 18.9. The van der Waals surface area contributed by atoms with Gasteiger partial charge in [-0.3, -0.25) is 24.2 Å². The summed E-state index contributed by atoms with van der Waals surface area (Å²) < 4.78 is 0. The molecule has 142 valence electrons. The number of benzene rings is 1. The van der Waals surface area contributed by atoms with Crippen LogP contribution in [0, 0.1) is 0 Å². The Kier molecular flexibility index (Phi) is 7.55. The lowest BCUT2D eigenvalue weighted by molar-refractivity contribution is -0.123. The first-order valence-electron chi connectivity index (χ1n) is 8.89. The van der Waals surface area contributed by atoms with Crippen LogP contribution in [-0.4, -0.2) is 73.3 Å². The predicted octanol–water partition coefficient (Wildman–Crippen LogP) is -0.132. The average molecular weight is 361 g/mol. The molecule has 3 amide bonds. The molecule has 0 unspecified atom stereocenters. The molecule has 0 bridgehead atoms. The fraction of sp³-hybridized carbons (Fsp3) is 0.500. The number of amides is 3.